The predicted octanol–water partition coefficient (Wildman–Crippen LogP) is 3.76. The Morgan fingerprint density at radius 2 is 1.94 bits per heavy atom. The van der Waals surface area contributed by atoms with Crippen molar-refractivity contribution in [2.75, 3.05) is 7.11 Å². The van der Waals surface area contributed by atoms with Crippen molar-refractivity contribution < 1.29 is 9.53 Å². The van der Waals surface area contributed by atoms with E-state index in [0.29, 0.717) is 32.0 Å². The summed E-state index contributed by atoms with van der Waals surface area (Å²) in [5.41, 5.74) is 3.58. The molecule has 0 aliphatic carbocycles. The molecule has 3 aromatic rings. The number of benzene rings is 2. The van der Waals surface area contributed by atoms with Gasteiger partial charge in [0.05, 0.1) is 29.0 Å². The normalized spacial score (nSPS) is 16.1. The molecule has 0 N–H and O–H groups in total. The number of esters is 1. The Balaban J connectivity index is 2.02. The summed E-state index contributed by atoms with van der Waals surface area (Å²) in [4.78, 5) is 31.6. The number of methoxy groups -OCH3 is 1. The highest BCUT2D eigenvalue weighted by Gasteiger charge is 2.34. The summed E-state index contributed by atoms with van der Waals surface area (Å²) in [5, 5.41) is 0.633. The maximum Gasteiger partial charge on any atom is 0.338 e. The Hall–Kier alpha value is -2.96. The highest BCUT2D eigenvalue weighted by molar-refractivity contribution is 7.07. The second-order valence-electron chi connectivity index (χ2n) is 7.20. The minimum Gasteiger partial charge on any atom is -0.466 e. The molecule has 0 fully saturated rings. The van der Waals surface area contributed by atoms with E-state index in [9.17, 15) is 9.59 Å². The van der Waals surface area contributed by atoms with E-state index in [1.807, 2.05) is 56.3 Å². The third-order valence-electron chi connectivity index (χ3n) is 5.30. The van der Waals surface area contributed by atoms with Gasteiger partial charge in [-0.3, -0.25) is 9.36 Å². The number of fused-ring (bicyclic) bond motifs is 1. The number of ether oxygens (including phenoxy) is 1. The van der Waals surface area contributed by atoms with Crippen molar-refractivity contribution in [3.63, 3.8) is 0 Å². The van der Waals surface area contributed by atoms with Crippen LogP contribution >= 0.6 is 22.9 Å². The van der Waals surface area contributed by atoms with E-state index in [4.69, 9.17) is 16.3 Å². The van der Waals surface area contributed by atoms with E-state index in [1.165, 1.54) is 18.4 Å². The standard InChI is InChI=1S/C24H21ClN2O3S/c1-4-18-20(23(29)30-3)21(17-8-6-5-7-14(17)2)27-22(28)19(31-24(27)26-18)13-15-9-11-16(25)12-10-15/h5-13,21H,4H2,1-3H3/b19-13-/t21-/m0/s1. The first-order valence-corrected chi connectivity index (χ1v) is 11.1. The zero-order valence-corrected chi connectivity index (χ0v) is 19.0. The molecule has 2 aromatic carbocycles. The fourth-order valence-corrected chi connectivity index (χ4v) is 4.91. The van der Waals surface area contributed by atoms with Crippen molar-refractivity contribution in [2.45, 2.75) is 26.3 Å². The zero-order chi connectivity index (χ0) is 22.1. The molecule has 1 aromatic heterocycles. The highest BCUT2D eigenvalue weighted by Crippen LogP contribution is 2.33. The summed E-state index contributed by atoms with van der Waals surface area (Å²) >= 11 is 7.29. The SMILES string of the molecule is CCC1=C(C(=O)OC)[C@H](c2ccccc2C)n2c(s/c(=C\c3ccc(Cl)cc3)c2=O)=N1. The molecule has 2 heterocycles. The number of thiazole rings is 1. The third kappa shape index (κ3) is 3.89. The van der Waals surface area contributed by atoms with Crippen LogP contribution in [0.1, 0.15) is 36.1 Å². The molecule has 1 aliphatic heterocycles. The number of hydrogen-bond donors (Lipinski definition) is 0. The summed E-state index contributed by atoms with van der Waals surface area (Å²) in [5.74, 6) is -0.471. The Morgan fingerprint density at radius 1 is 1.23 bits per heavy atom. The molecule has 0 amide bonds. The van der Waals surface area contributed by atoms with Crippen molar-refractivity contribution in [1.29, 1.82) is 0 Å². The van der Waals surface area contributed by atoms with Crippen LogP contribution in [0.25, 0.3) is 6.08 Å². The number of aromatic nitrogens is 1. The molecule has 0 unspecified atom stereocenters. The van der Waals surface area contributed by atoms with Crippen molar-refractivity contribution in [3.8, 4) is 0 Å². The molecule has 1 aliphatic rings. The van der Waals surface area contributed by atoms with Crippen LogP contribution in [0.4, 0.5) is 0 Å². The number of nitrogens with zero attached hydrogens (tertiary/aromatic N) is 2. The minimum atomic E-state index is -0.591. The topological polar surface area (TPSA) is 60.7 Å². The molecular weight excluding hydrogens is 432 g/mol. The monoisotopic (exact) mass is 452 g/mol. The van der Waals surface area contributed by atoms with Crippen LogP contribution in [0, 0.1) is 6.92 Å². The summed E-state index contributed by atoms with van der Waals surface area (Å²) in [7, 11) is 1.35. The number of carbonyl (C=O) groups is 1. The Morgan fingerprint density at radius 3 is 2.58 bits per heavy atom. The van der Waals surface area contributed by atoms with Crippen LogP contribution in [0.15, 0.2) is 69.6 Å². The largest absolute Gasteiger partial charge is 0.466 e. The average Bonchev–Trinajstić information content (AvgIpc) is 3.09. The van der Waals surface area contributed by atoms with Crippen LogP contribution in [0.2, 0.25) is 5.02 Å². The van der Waals surface area contributed by atoms with E-state index in [0.717, 1.165) is 16.7 Å². The smallest absolute Gasteiger partial charge is 0.338 e. The Kier molecular flexibility index (Phi) is 5.94. The second kappa shape index (κ2) is 8.65. The predicted molar refractivity (Wildman–Crippen MR) is 123 cm³/mol. The van der Waals surface area contributed by atoms with Crippen LogP contribution in [0.5, 0.6) is 0 Å². The molecule has 1 atom stereocenters. The number of hydrogen-bond acceptors (Lipinski definition) is 5. The molecular formula is C24H21ClN2O3S. The lowest BCUT2D eigenvalue weighted by molar-refractivity contribution is -0.136. The quantitative estimate of drug-likeness (QED) is 0.566. The number of rotatable bonds is 4. The summed E-state index contributed by atoms with van der Waals surface area (Å²) in [6.45, 7) is 3.91. The van der Waals surface area contributed by atoms with Crippen LogP contribution in [0.3, 0.4) is 0 Å². The average molecular weight is 453 g/mol. The highest BCUT2D eigenvalue weighted by atomic mass is 35.5. The van der Waals surface area contributed by atoms with E-state index >= 15 is 0 Å². The van der Waals surface area contributed by atoms with Gasteiger partial charge in [-0.15, -0.1) is 0 Å². The molecule has 0 spiro atoms. The molecule has 7 heteroatoms. The van der Waals surface area contributed by atoms with E-state index in [-0.39, 0.29) is 5.56 Å². The van der Waals surface area contributed by atoms with Crippen LogP contribution in [-0.2, 0) is 9.53 Å². The van der Waals surface area contributed by atoms with E-state index in [2.05, 4.69) is 4.99 Å². The molecule has 31 heavy (non-hydrogen) atoms. The molecule has 158 valence electrons. The summed E-state index contributed by atoms with van der Waals surface area (Å²) in [6.07, 6.45) is 2.37. The van der Waals surface area contributed by atoms with Crippen molar-refractivity contribution >= 4 is 35.0 Å². The van der Waals surface area contributed by atoms with Gasteiger partial charge < -0.3 is 4.74 Å². The molecule has 0 saturated carbocycles. The summed E-state index contributed by atoms with van der Waals surface area (Å²) < 4.78 is 7.25. The first kappa shape index (κ1) is 21.3. The first-order chi connectivity index (χ1) is 14.9. The Labute approximate surface area is 188 Å². The van der Waals surface area contributed by atoms with Gasteiger partial charge in [-0.1, -0.05) is 66.3 Å². The number of allylic oxidation sites excluding steroid dienone is 1. The lowest BCUT2D eigenvalue weighted by atomic mass is 9.92. The maximum atomic E-state index is 13.5. The molecule has 0 saturated heterocycles. The second-order valence-corrected chi connectivity index (χ2v) is 8.64. The molecule has 4 rings (SSSR count). The molecule has 0 radical (unpaired) electrons. The van der Waals surface area contributed by atoms with E-state index < -0.39 is 12.0 Å². The van der Waals surface area contributed by atoms with Gasteiger partial charge in [0, 0.05) is 5.02 Å². The van der Waals surface area contributed by atoms with Crippen LogP contribution < -0.4 is 14.9 Å². The molecule has 5 nitrogen and oxygen atoms in total. The fourth-order valence-electron chi connectivity index (χ4n) is 3.76. The fraction of sp³-hybridized carbons (Fsp3) is 0.208. The lowest BCUT2D eigenvalue weighted by Gasteiger charge is -2.26. The molecule has 0 bridgehead atoms. The number of carbonyl (C=O) groups excluding carboxylic acids is 1. The third-order valence-corrected chi connectivity index (χ3v) is 6.54. The minimum absolute atomic E-state index is 0.191. The number of aryl methyl sites for hydroxylation is 1. The van der Waals surface area contributed by atoms with Gasteiger partial charge in [-0.25, -0.2) is 9.79 Å². The number of halogens is 1. The maximum absolute atomic E-state index is 13.5. The first-order valence-electron chi connectivity index (χ1n) is 9.88. The van der Waals surface area contributed by atoms with Crippen molar-refractivity contribution in [1.82, 2.24) is 4.57 Å². The van der Waals surface area contributed by atoms with E-state index in [1.54, 1.807) is 16.7 Å². The summed E-state index contributed by atoms with van der Waals surface area (Å²) in [6, 6.07) is 14.5. The van der Waals surface area contributed by atoms with Gasteiger partial charge in [0.25, 0.3) is 5.56 Å². The lowest BCUT2D eigenvalue weighted by Crippen LogP contribution is -2.40. The zero-order valence-electron chi connectivity index (χ0n) is 17.4. The van der Waals surface area contributed by atoms with Crippen molar-refractivity contribution in [3.05, 3.63) is 101 Å². The van der Waals surface area contributed by atoms with Gasteiger partial charge in [-0.05, 0) is 48.2 Å². The van der Waals surface area contributed by atoms with Gasteiger partial charge in [0.2, 0.25) is 0 Å². The Bertz CT molecular complexity index is 1370. The van der Waals surface area contributed by atoms with Gasteiger partial charge in [-0.2, -0.15) is 0 Å². The van der Waals surface area contributed by atoms with Gasteiger partial charge in [0.1, 0.15) is 0 Å². The van der Waals surface area contributed by atoms with Crippen molar-refractivity contribution in [2.24, 2.45) is 4.99 Å². The van der Waals surface area contributed by atoms with Crippen LogP contribution in [-0.4, -0.2) is 17.6 Å². The van der Waals surface area contributed by atoms with Gasteiger partial charge >= 0.3 is 5.97 Å². The van der Waals surface area contributed by atoms with Gasteiger partial charge in [0.15, 0.2) is 4.80 Å².